The first-order valence-electron chi connectivity index (χ1n) is 7.87. The van der Waals surface area contributed by atoms with Gasteiger partial charge in [-0.1, -0.05) is 33.1 Å². The fraction of sp³-hybridized carbons (Fsp3) is 1.00. The summed E-state index contributed by atoms with van der Waals surface area (Å²) >= 11 is 0. The first-order chi connectivity index (χ1) is 8.51. The molecule has 18 heavy (non-hydrogen) atoms. The molecule has 1 saturated heterocycles. The van der Waals surface area contributed by atoms with Crippen molar-refractivity contribution in [3.05, 3.63) is 0 Å². The maximum absolute atomic E-state index is 11.1. The van der Waals surface area contributed by atoms with Gasteiger partial charge in [0, 0.05) is 6.42 Å². The Morgan fingerprint density at radius 3 is 2.72 bits per heavy atom. The van der Waals surface area contributed by atoms with Gasteiger partial charge in [0.25, 0.3) is 0 Å². The van der Waals surface area contributed by atoms with Crippen LogP contribution in [0.1, 0.15) is 72.1 Å². The second kappa shape index (κ2) is 5.50. The molecule has 2 nitrogen and oxygen atoms in total. The zero-order valence-electron chi connectivity index (χ0n) is 12.4. The molecule has 2 fully saturated rings. The summed E-state index contributed by atoms with van der Waals surface area (Å²) in [6.45, 7) is 7.35. The van der Waals surface area contributed by atoms with Crippen LogP contribution in [0, 0.1) is 11.8 Å². The van der Waals surface area contributed by atoms with E-state index in [0.29, 0.717) is 5.92 Å². The van der Waals surface area contributed by atoms with Gasteiger partial charge in [-0.2, -0.15) is 0 Å². The Bertz CT molecular complexity index is 278. The highest BCUT2D eigenvalue weighted by Crippen LogP contribution is 2.45. The molecule has 0 bridgehead atoms. The van der Waals surface area contributed by atoms with E-state index in [4.69, 9.17) is 4.74 Å². The Balaban J connectivity index is 2.05. The molecule has 4 unspecified atom stereocenters. The Hall–Kier alpha value is -0.0800. The van der Waals surface area contributed by atoms with Crippen molar-refractivity contribution in [3.8, 4) is 0 Å². The molecule has 4 atom stereocenters. The van der Waals surface area contributed by atoms with Crippen LogP contribution in [0.15, 0.2) is 0 Å². The van der Waals surface area contributed by atoms with E-state index in [9.17, 15) is 5.11 Å². The van der Waals surface area contributed by atoms with Crippen molar-refractivity contribution in [2.75, 3.05) is 6.61 Å². The Morgan fingerprint density at radius 2 is 2.06 bits per heavy atom. The van der Waals surface area contributed by atoms with Gasteiger partial charge in [-0.15, -0.1) is 0 Å². The second-order valence-electron chi connectivity index (χ2n) is 6.82. The maximum atomic E-state index is 11.1. The third-order valence-corrected chi connectivity index (χ3v) is 5.53. The van der Waals surface area contributed by atoms with Crippen LogP contribution < -0.4 is 0 Å². The monoisotopic (exact) mass is 254 g/mol. The summed E-state index contributed by atoms with van der Waals surface area (Å²) < 4.78 is 5.89. The van der Waals surface area contributed by atoms with Crippen molar-refractivity contribution in [1.29, 1.82) is 0 Å². The summed E-state index contributed by atoms with van der Waals surface area (Å²) in [7, 11) is 0. The second-order valence-corrected chi connectivity index (χ2v) is 6.82. The van der Waals surface area contributed by atoms with E-state index >= 15 is 0 Å². The molecule has 106 valence electrons. The van der Waals surface area contributed by atoms with Crippen LogP contribution >= 0.6 is 0 Å². The summed E-state index contributed by atoms with van der Waals surface area (Å²) in [6.07, 6.45) is 9.05. The highest BCUT2D eigenvalue weighted by Gasteiger charge is 2.46. The minimum atomic E-state index is -0.461. The molecule has 2 rings (SSSR count). The topological polar surface area (TPSA) is 29.5 Å². The van der Waals surface area contributed by atoms with E-state index in [-0.39, 0.29) is 5.60 Å². The van der Waals surface area contributed by atoms with Crippen molar-refractivity contribution in [3.63, 3.8) is 0 Å². The summed E-state index contributed by atoms with van der Waals surface area (Å²) in [5.41, 5.74) is -0.566. The third kappa shape index (κ3) is 2.91. The smallest absolute Gasteiger partial charge is 0.0725 e. The van der Waals surface area contributed by atoms with Crippen molar-refractivity contribution >= 4 is 0 Å². The molecule has 0 aromatic heterocycles. The summed E-state index contributed by atoms with van der Waals surface area (Å²) in [6, 6.07) is 0. The highest BCUT2D eigenvalue weighted by molar-refractivity contribution is 4.97. The zero-order valence-corrected chi connectivity index (χ0v) is 12.4. The van der Waals surface area contributed by atoms with Crippen LogP contribution in [0.5, 0.6) is 0 Å². The lowest BCUT2D eigenvalue weighted by atomic mass is 9.66. The molecular formula is C16H30O2. The van der Waals surface area contributed by atoms with Crippen molar-refractivity contribution in [2.24, 2.45) is 11.8 Å². The molecule has 0 amide bonds. The van der Waals surface area contributed by atoms with Crippen molar-refractivity contribution in [1.82, 2.24) is 0 Å². The van der Waals surface area contributed by atoms with Crippen LogP contribution in [0.4, 0.5) is 0 Å². The predicted molar refractivity (Wildman–Crippen MR) is 74.6 cm³/mol. The molecule has 2 heteroatoms. The lowest BCUT2D eigenvalue weighted by molar-refractivity contribution is -0.180. The Kier molecular flexibility index (Phi) is 4.38. The molecule has 0 radical (unpaired) electrons. The number of hydrogen-bond donors (Lipinski definition) is 1. The van der Waals surface area contributed by atoms with Crippen LogP contribution in [-0.2, 0) is 4.74 Å². The van der Waals surface area contributed by atoms with Gasteiger partial charge in [0.1, 0.15) is 0 Å². The van der Waals surface area contributed by atoms with Gasteiger partial charge in [0.05, 0.1) is 17.8 Å². The Morgan fingerprint density at radius 1 is 1.28 bits per heavy atom. The zero-order chi connectivity index (χ0) is 13.2. The molecule has 1 aliphatic heterocycles. The fourth-order valence-corrected chi connectivity index (χ4v) is 3.99. The lowest BCUT2D eigenvalue weighted by Gasteiger charge is -2.49. The molecule has 1 saturated carbocycles. The molecular weight excluding hydrogens is 224 g/mol. The van der Waals surface area contributed by atoms with Gasteiger partial charge >= 0.3 is 0 Å². The lowest BCUT2D eigenvalue weighted by Crippen LogP contribution is -2.52. The normalized spacial score (nSPS) is 46.0. The average molecular weight is 254 g/mol. The fourth-order valence-electron chi connectivity index (χ4n) is 3.99. The van der Waals surface area contributed by atoms with E-state index in [0.717, 1.165) is 31.8 Å². The number of hydrogen-bond acceptors (Lipinski definition) is 2. The van der Waals surface area contributed by atoms with Gasteiger partial charge in [0.15, 0.2) is 0 Å². The van der Waals surface area contributed by atoms with Gasteiger partial charge in [-0.05, 0) is 44.4 Å². The predicted octanol–water partition coefficient (Wildman–Crippen LogP) is 3.91. The van der Waals surface area contributed by atoms with Gasteiger partial charge in [-0.3, -0.25) is 0 Å². The van der Waals surface area contributed by atoms with Gasteiger partial charge in [-0.25, -0.2) is 0 Å². The molecule has 1 aliphatic carbocycles. The largest absolute Gasteiger partial charge is 0.389 e. The van der Waals surface area contributed by atoms with E-state index < -0.39 is 5.60 Å². The summed E-state index contributed by atoms with van der Waals surface area (Å²) in [4.78, 5) is 0. The molecule has 1 N–H and O–H groups in total. The SMILES string of the molecule is CCC1CCCC(C2(O)CCOC(C)(CC)C2)C1. The van der Waals surface area contributed by atoms with Crippen molar-refractivity contribution < 1.29 is 9.84 Å². The minimum Gasteiger partial charge on any atom is -0.389 e. The standard InChI is InChI=1S/C16H30O2/c1-4-13-7-6-8-14(11-13)16(17)9-10-18-15(3,5-2)12-16/h13-14,17H,4-12H2,1-3H3. The molecule has 0 spiro atoms. The van der Waals surface area contributed by atoms with Gasteiger partial charge < -0.3 is 9.84 Å². The molecule has 0 aromatic carbocycles. The molecule has 1 heterocycles. The quantitative estimate of drug-likeness (QED) is 0.827. The number of aliphatic hydroxyl groups is 1. The minimum absolute atomic E-state index is 0.105. The van der Waals surface area contributed by atoms with Crippen LogP contribution in [0.25, 0.3) is 0 Å². The summed E-state index contributed by atoms with van der Waals surface area (Å²) in [5.74, 6) is 1.34. The number of rotatable bonds is 3. The van der Waals surface area contributed by atoms with E-state index in [1.807, 2.05) is 0 Å². The Labute approximate surface area is 112 Å². The first kappa shape index (κ1) is 14.3. The third-order valence-electron chi connectivity index (χ3n) is 5.53. The number of ether oxygens (including phenoxy) is 1. The molecule has 2 aliphatic rings. The van der Waals surface area contributed by atoms with Gasteiger partial charge in [0.2, 0.25) is 0 Å². The van der Waals surface area contributed by atoms with Crippen LogP contribution in [-0.4, -0.2) is 22.9 Å². The maximum Gasteiger partial charge on any atom is 0.0725 e. The van der Waals surface area contributed by atoms with E-state index in [1.54, 1.807) is 0 Å². The van der Waals surface area contributed by atoms with Crippen LogP contribution in [0.3, 0.4) is 0 Å². The highest BCUT2D eigenvalue weighted by atomic mass is 16.5. The van der Waals surface area contributed by atoms with E-state index in [1.165, 1.54) is 32.1 Å². The molecule has 0 aromatic rings. The van der Waals surface area contributed by atoms with Crippen molar-refractivity contribution in [2.45, 2.75) is 83.3 Å². The average Bonchev–Trinajstić information content (AvgIpc) is 2.39. The van der Waals surface area contributed by atoms with E-state index in [2.05, 4.69) is 20.8 Å². The first-order valence-corrected chi connectivity index (χ1v) is 7.87. The summed E-state index contributed by atoms with van der Waals surface area (Å²) in [5, 5.41) is 11.1. The van der Waals surface area contributed by atoms with Crippen LogP contribution in [0.2, 0.25) is 0 Å².